The number of aromatic nitrogens is 6. The molecule has 0 saturated heterocycles. The van der Waals surface area contributed by atoms with Crippen molar-refractivity contribution in [2.24, 2.45) is 0 Å². The first kappa shape index (κ1) is 20.3. The second-order valence-electron chi connectivity index (χ2n) is 6.53. The zero-order valence-corrected chi connectivity index (χ0v) is 17.5. The monoisotopic (exact) mass is 444 g/mol. The number of nitrogens with zero attached hydrogens (tertiary/aromatic N) is 5. The minimum atomic E-state index is -0.416. The molecule has 154 valence electrons. The molecule has 30 heavy (non-hydrogen) atoms. The highest BCUT2D eigenvalue weighted by Gasteiger charge is 2.17. The van der Waals surface area contributed by atoms with Gasteiger partial charge in [-0.05, 0) is 25.1 Å². The molecule has 0 aliphatic carbocycles. The number of hydrogen-bond donors (Lipinski definition) is 2. The molecule has 4 aromatic rings. The summed E-state index contributed by atoms with van der Waals surface area (Å²) in [5.41, 5.74) is 3.67. The summed E-state index contributed by atoms with van der Waals surface area (Å²) in [6, 6.07) is 3.61. The van der Waals surface area contributed by atoms with E-state index in [1.165, 1.54) is 12.4 Å². The van der Waals surface area contributed by atoms with Crippen molar-refractivity contribution < 1.29 is 9.84 Å². The Kier molecular flexibility index (Phi) is 5.98. The fraction of sp³-hybridized carbons (Fsp3) is 0.200. The molecule has 2 N–H and O–H groups in total. The Bertz CT molecular complexity index is 1180. The number of nitrogens with one attached hydrogen (secondary N) is 1. The van der Waals surface area contributed by atoms with E-state index in [2.05, 4.69) is 25.3 Å². The number of hydrogen-bond acceptors (Lipinski definition) is 6. The molecule has 1 atom stereocenters. The van der Waals surface area contributed by atoms with Crippen LogP contribution in [0.1, 0.15) is 29.8 Å². The van der Waals surface area contributed by atoms with Gasteiger partial charge in [0.2, 0.25) is 5.88 Å². The Morgan fingerprint density at radius 3 is 2.77 bits per heavy atom. The van der Waals surface area contributed by atoms with Gasteiger partial charge >= 0.3 is 0 Å². The average Bonchev–Trinajstić information content (AvgIpc) is 3.33. The molecule has 0 saturated carbocycles. The van der Waals surface area contributed by atoms with Gasteiger partial charge in [0.25, 0.3) is 0 Å². The minimum Gasteiger partial charge on any atom is -0.470 e. The van der Waals surface area contributed by atoms with Gasteiger partial charge in [-0.1, -0.05) is 23.2 Å². The van der Waals surface area contributed by atoms with E-state index < -0.39 is 6.10 Å². The molecule has 0 radical (unpaired) electrons. The predicted molar refractivity (Wildman–Crippen MR) is 115 cm³/mol. The van der Waals surface area contributed by atoms with E-state index in [0.717, 1.165) is 11.1 Å². The molecular weight excluding hydrogens is 427 g/mol. The molecular formula is C20H18Cl2N6O2. The van der Waals surface area contributed by atoms with Crippen LogP contribution in [-0.2, 0) is 6.54 Å². The minimum absolute atomic E-state index is 0.0376. The molecule has 0 aliphatic heterocycles. The molecule has 0 aliphatic rings. The first-order chi connectivity index (χ1) is 14.5. The second-order valence-corrected chi connectivity index (χ2v) is 7.34. The number of rotatable bonds is 7. The maximum absolute atomic E-state index is 8.99. The summed E-state index contributed by atoms with van der Waals surface area (Å²) in [6.45, 7) is 2.33. The van der Waals surface area contributed by atoms with Crippen molar-refractivity contribution in [2.75, 3.05) is 6.61 Å². The summed E-state index contributed by atoms with van der Waals surface area (Å²) in [4.78, 5) is 8.55. The fourth-order valence-corrected chi connectivity index (χ4v) is 3.67. The van der Waals surface area contributed by atoms with Crippen molar-refractivity contribution in [3.05, 3.63) is 63.8 Å². The van der Waals surface area contributed by atoms with Crippen molar-refractivity contribution >= 4 is 46.4 Å². The van der Waals surface area contributed by atoms with Gasteiger partial charge < -0.3 is 9.84 Å². The van der Waals surface area contributed by atoms with Crippen LogP contribution in [0.3, 0.4) is 0 Å². The molecule has 4 rings (SSSR count). The number of pyridine rings is 2. The van der Waals surface area contributed by atoms with Gasteiger partial charge in [0.05, 0.1) is 34.9 Å². The topological polar surface area (TPSA) is 102 Å². The molecule has 0 bridgehead atoms. The summed E-state index contributed by atoms with van der Waals surface area (Å²) < 4.78 is 7.65. The highest BCUT2D eigenvalue weighted by atomic mass is 35.5. The smallest absolute Gasteiger partial charge is 0.214 e. The average molecular weight is 445 g/mol. The number of aliphatic hydroxyl groups excluding tert-OH is 1. The van der Waals surface area contributed by atoms with Gasteiger partial charge in [-0.25, -0.2) is 4.98 Å². The van der Waals surface area contributed by atoms with Crippen LogP contribution in [-0.4, -0.2) is 41.7 Å². The zero-order chi connectivity index (χ0) is 21.1. The predicted octanol–water partition coefficient (Wildman–Crippen LogP) is 4.16. The van der Waals surface area contributed by atoms with Gasteiger partial charge in [0.1, 0.15) is 17.3 Å². The first-order valence-corrected chi connectivity index (χ1v) is 9.93. The van der Waals surface area contributed by atoms with E-state index in [1.807, 2.05) is 31.3 Å². The third-order valence-electron chi connectivity index (χ3n) is 4.42. The first-order valence-electron chi connectivity index (χ1n) is 9.17. The van der Waals surface area contributed by atoms with Crippen molar-refractivity contribution in [1.82, 2.24) is 29.9 Å². The summed E-state index contributed by atoms with van der Waals surface area (Å²) in [7, 11) is 0. The Balaban J connectivity index is 1.57. The van der Waals surface area contributed by atoms with Gasteiger partial charge in [-0.2, -0.15) is 10.2 Å². The number of aliphatic hydroxyl groups is 1. The van der Waals surface area contributed by atoms with Crippen LogP contribution in [0.5, 0.6) is 5.88 Å². The third-order valence-corrected chi connectivity index (χ3v) is 5.02. The summed E-state index contributed by atoms with van der Waals surface area (Å²) in [6.07, 6.45) is 9.92. The molecule has 4 aromatic heterocycles. The highest BCUT2D eigenvalue weighted by molar-refractivity contribution is 6.35. The van der Waals surface area contributed by atoms with Crippen LogP contribution in [0, 0.1) is 0 Å². The standard InChI is InChI=1S/C20H18Cl2N6O2/c1-12(19-14(21)9-23-10-15(19)22)30-18-5-4-17-20(25-18)16(26-27-17)3-2-13-8-24-28(11-13)6-7-29/h2-5,8-12,29H,6-7H2,1H3,(H,26,27)/b3-2+. The van der Waals surface area contributed by atoms with Crippen molar-refractivity contribution in [3.8, 4) is 5.88 Å². The Labute approximate surface area is 182 Å². The lowest BCUT2D eigenvalue weighted by molar-refractivity contribution is 0.218. The number of H-pyrrole nitrogens is 1. The summed E-state index contributed by atoms with van der Waals surface area (Å²) >= 11 is 12.4. The van der Waals surface area contributed by atoms with Crippen molar-refractivity contribution in [3.63, 3.8) is 0 Å². The van der Waals surface area contributed by atoms with E-state index >= 15 is 0 Å². The molecule has 0 fully saturated rings. The number of ether oxygens (including phenoxy) is 1. The van der Waals surface area contributed by atoms with E-state index in [0.29, 0.717) is 39.2 Å². The zero-order valence-electron chi connectivity index (χ0n) is 16.0. The lowest BCUT2D eigenvalue weighted by Crippen LogP contribution is -2.06. The quantitative estimate of drug-likeness (QED) is 0.443. The molecule has 0 aromatic carbocycles. The normalized spacial score (nSPS) is 12.7. The van der Waals surface area contributed by atoms with E-state index in [4.69, 9.17) is 33.0 Å². The Morgan fingerprint density at radius 2 is 2.00 bits per heavy atom. The van der Waals surface area contributed by atoms with E-state index in [1.54, 1.807) is 16.9 Å². The summed E-state index contributed by atoms with van der Waals surface area (Å²) in [5.74, 6) is 0.422. The molecule has 1 unspecified atom stereocenters. The fourth-order valence-electron chi connectivity index (χ4n) is 3.00. The van der Waals surface area contributed by atoms with Crippen LogP contribution >= 0.6 is 23.2 Å². The molecule has 0 amide bonds. The Morgan fingerprint density at radius 1 is 1.20 bits per heavy atom. The van der Waals surface area contributed by atoms with E-state index in [-0.39, 0.29) is 6.61 Å². The second kappa shape index (κ2) is 8.83. The van der Waals surface area contributed by atoms with Gasteiger partial charge in [0, 0.05) is 35.8 Å². The van der Waals surface area contributed by atoms with E-state index in [9.17, 15) is 0 Å². The molecule has 8 nitrogen and oxygen atoms in total. The molecule has 4 heterocycles. The highest BCUT2D eigenvalue weighted by Crippen LogP contribution is 2.32. The van der Waals surface area contributed by atoms with Crippen LogP contribution in [0.4, 0.5) is 0 Å². The van der Waals surface area contributed by atoms with Gasteiger partial charge in [-0.15, -0.1) is 0 Å². The number of aromatic amines is 1. The SMILES string of the molecule is CC(Oc1ccc2[nH]nc(/C=C/c3cnn(CCO)c3)c2n1)c1c(Cl)cncc1Cl. The van der Waals surface area contributed by atoms with Crippen LogP contribution in [0.25, 0.3) is 23.2 Å². The molecule has 0 spiro atoms. The summed E-state index contributed by atoms with van der Waals surface area (Å²) in [5, 5.41) is 21.3. The van der Waals surface area contributed by atoms with Crippen molar-refractivity contribution in [1.29, 1.82) is 0 Å². The van der Waals surface area contributed by atoms with Crippen LogP contribution in [0.2, 0.25) is 10.0 Å². The van der Waals surface area contributed by atoms with Gasteiger partial charge in [0.15, 0.2) is 0 Å². The lowest BCUT2D eigenvalue weighted by atomic mass is 10.2. The molecule has 10 heteroatoms. The van der Waals surface area contributed by atoms with Crippen molar-refractivity contribution in [2.45, 2.75) is 19.6 Å². The largest absolute Gasteiger partial charge is 0.470 e. The van der Waals surface area contributed by atoms with Crippen LogP contribution < -0.4 is 4.74 Å². The number of halogens is 2. The maximum Gasteiger partial charge on any atom is 0.214 e. The number of fused-ring (bicyclic) bond motifs is 1. The lowest BCUT2D eigenvalue weighted by Gasteiger charge is -2.16. The van der Waals surface area contributed by atoms with Crippen LogP contribution in [0.15, 0.2) is 36.9 Å². The van der Waals surface area contributed by atoms with Gasteiger partial charge in [-0.3, -0.25) is 14.8 Å². The Hall–Kier alpha value is -2.94. The maximum atomic E-state index is 8.99. The third kappa shape index (κ3) is 4.30.